The first-order valence-electron chi connectivity index (χ1n) is 8.65. The first-order valence-corrected chi connectivity index (χ1v) is 8.65. The highest BCUT2D eigenvalue weighted by Gasteiger charge is 2.23. The van der Waals surface area contributed by atoms with Crippen LogP contribution in [0.15, 0.2) is 24.7 Å². The van der Waals surface area contributed by atoms with Crippen molar-refractivity contribution in [2.24, 2.45) is 0 Å². The molecule has 24 heavy (non-hydrogen) atoms. The lowest BCUT2D eigenvalue weighted by Gasteiger charge is -2.38. The van der Waals surface area contributed by atoms with E-state index in [1.807, 2.05) is 18.3 Å². The molecule has 0 aromatic carbocycles. The number of rotatable bonds is 4. The van der Waals surface area contributed by atoms with Gasteiger partial charge in [-0.05, 0) is 32.4 Å². The Morgan fingerprint density at radius 1 is 1.08 bits per heavy atom. The normalized spacial score (nSPS) is 15.9. The molecule has 128 valence electrons. The van der Waals surface area contributed by atoms with Gasteiger partial charge in [-0.15, -0.1) is 0 Å². The van der Waals surface area contributed by atoms with Crippen LogP contribution in [0.2, 0.25) is 0 Å². The molecular weight excluding hydrogens is 300 g/mol. The lowest BCUT2D eigenvalue weighted by Crippen LogP contribution is -2.49. The number of anilines is 2. The highest BCUT2D eigenvalue weighted by Crippen LogP contribution is 2.32. The molecule has 0 bridgehead atoms. The molecule has 0 spiro atoms. The summed E-state index contributed by atoms with van der Waals surface area (Å²) < 4.78 is 0. The zero-order valence-corrected chi connectivity index (χ0v) is 14.7. The Bertz CT molecular complexity index is 674. The van der Waals surface area contributed by atoms with Crippen molar-refractivity contribution in [1.82, 2.24) is 19.9 Å². The van der Waals surface area contributed by atoms with Gasteiger partial charge in [-0.3, -0.25) is 4.90 Å². The summed E-state index contributed by atoms with van der Waals surface area (Å²) >= 11 is 0. The second-order valence-electron chi connectivity index (χ2n) is 6.46. The van der Waals surface area contributed by atoms with Crippen molar-refractivity contribution in [2.45, 2.75) is 33.2 Å². The average Bonchev–Trinajstić information content (AvgIpc) is 2.62. The molecule has 3 heterocycles. The third-order valence-electron chi connectivity index (χ3n) is 4.66. The highest BCUT2D eigenvalue weighted by atomic mass is 15.3. The minimum Gasteiger partial charge on any atom is -0.384 e. The zero-order chi connectivity index (χ0) is 17.1. The predicted molar refractivity (Wildman–Crippen MR) is 98.0 cm³/mol. The molecule has 6 heteroatoms. The van der Waals surface area contributed by atoms with E-state index in [2.05, 4.69) is 45.5 Å². The van der Waals surface area contributed by atoms with Crippen LogP contribution >= 0.6 is 0 Å². The van der Waals surface area contributed by atoms with Gasteiger partial charge in [0.25, 0.3) is 0 Å². The molecular formula is C18H26N6. The molecule has 0 amide bonds. The van der Waals surface area contributed by atoms with Crippen LogP contribution in [0.4, 0.5) is 11.6 Å². The van der Waals surface area contributed by atoms with Gasteiger partial charge < -0.3 is 10.6 Å². The van der Waals surface area contributed by atoms with E-state index in [1.54, 1.807) is 6.33 Å². The maximum atomic E-state index is 5.74. The molecule has 3 rings (SSSR count). The molecule has 1 aliphatic heterocycles. The van der Waals surface area contributed by atoms with Crippen LogP contribution in [-0.2, 0) is 6.42 Å². The van der Waals surface area contributed by atoms with E-state index in [0.717, 1.165) is 55.2 Å². The van der Waals surface area contributed by atoms with E-state index < -0.39 is 0 Å². The van der Waals surface area contributed by atoms with E-state index >= 15 is 0 Å². The van der Waals surface area contributed by atoms with Crippen molar-refractivity contribution >= 4 is 11.6 Å². The number of aromatic nitrogens is 3. The number of nitrogen functional groups attached to an aromatic ring is 1. The van der Waals surface area contributed by atoms with Crippen LogP contribution in [0, 0.1) is 0 Å². The monoisotopic (exact) mass is 326 g/mol. The van der Waals surface area contributed by atoms with E-state index in [1.165, 1.54) is 0 Å². The van der Waals surface area contributed by atoms with Gasteiger partial charge in [-0.2, -0.15) is 0 Å². The number of hydrogen-bond donors (Lipinski definition) is 1. The minimum atomic E-state index is 0.528. The van der Waals surface area contributed by atoms with Crippen LogP contribution in [0.3, 0.4) is 0 Å². The fourth-order valence-corrected chi connectivity index (χ4v) is 3.22. The van der Waals surface area contributed by atoms with Gasteiger partial charge >= 0.3 is 0 Å². The summed E-state index contributed by atoms with van der Waals surface area (Å²) in [4.78, 5) is 18.2. The van der Waals surface area contributed by atoms with Gasteiger partial charge in [0, 0.05) is 49.5 Å². The number of pyridine rings is 1. The van der Waals surface area contributed by atoms with Crippen molar-refractivity contribution in [1.29, 1.82) is 0 Å². The fourth-order valence-electron chi connectivity index (χ4n) is 3.22. The van der Waals surface area contributed by atoms with Gasteiger partial charge in [0.05, 0.1) is 5.69 Å². The highest BCUT2D eigenvalue weighted by molar-refractivity contribution is 5.78. The van der Waals surface area contributed by atoms with Crippen LogP contribution in [0.5, 0.6) is 0 Å². The first kappa shape index (κ1) is 16.6. The van der Waals surface area contributed by atoms with Crippen LogP contribution in [-0.4, -0.2) is 52.1 Å². The molecule has 0 atom stereocenters. The Morgan fingerprint density at radius 2 is 1.83 bits per heavy atom. The Labute approximate surface area is 143 Å². The largest absolute Gasteiger partial charge is 0.384 e. The lowest BCUT2D eigenvalue weighted by molar-refractivity contribution is 0.209. The summed E-state index contributed by atoms with van der Waals surface area (Å²) in [6.45, 7) is 10.7. The van der Waals surface area contributed by atoms with Gasteiger partial charge in [0.2, 0.25) is 0 Å². The molecule has 6 nitrogen and oxygen atoms in total. The maximum Gasteiger partial charge on any atom is 0.140 e. The van der Waals surface area contributed by atoms with E-state index in [0.29, 0.717) is 11.9 Å². The standard InChI is InChI=1S/C18H26N6/c1-4-15-17(14-5-6-16(19)20-11-14)18(22-12-21-15)24-9-7-23(8-10-24)13(2)3/h5-6,11-13H,4,7-10H2,1-3H3,(H2,19,20). The van der Waals surface area contributed by atoms with Gasteiger partial charge in [-0.1, -0.05) is 6.92 Å². The molecule has 2 aromatic rings. The van der Waals surface area contributed by atoms with Crippen LogP contribution in [0.1, 0.15) is 26.5 Å². The molecule has 0 unspecified atom stereocenters. The number of aryl methyl sites for hydroxylation is 1. The summed E-state index contributed by atoms with van der Waals surface area (Å²) in [6.07, 6.45) is 4.36. The molecule has 1 saturated heterocycles. The third-order valence-corrected chi connectivity index (χ3v) is 4.66. The van der Waals surface area contributed by atoms with Crippen molar-refractivity contribution in [3.63, 3.8) is 0 Å². The number of nitrogens with zero attached hydrogens (tertiary/aromatic N) is 5. The number of hydrogen-bond acceptors (Lipinski definition) is 6. The maximum absolute atomic E-state index is 5.74. The van der Waals surface area contributed by atoms with E-state index in [-0.39, 0.29) is 0 Å². The fraction of sp³-hybridized carbons (Fsp3) is 0.500. The van der Waals surface area contributed by atoms with Crippen molar-refractivity contribution in [2.75, 3.05) is 36.8 Å². The van der Waals surface area contributed by atoms with Gasteiger partial charge in [0.1, 0.15) is 18.0 Å². The molecule has 0 aliphatic carbocycles. The van der Waals surface area contributed by atoms with Gasteiger partial charge in [-0.25, -0.2) is 15.0 Å². The van der Waals surface area contributed by atoms with E-state index in [9.17, 15) is 0 Å². The topological polar surface area (TPSA) is 71.2 Å². The van der Waals surface area contributed by atoms with Crippen LogP contribution < -0.4 is 10.6 Å². The smallest absolute Gasteiger partial charge is 0.140 e. The summed E-state index contributed by atoms with van der Waals surface area (Å²) in [7, 11) is 0. The zero-order valence-electron chi connectivity index (χ0n) is 14.7. The SMILES string of the molecule is CCc1ncnc(N2CCN(C(C)C)CC2)c1-c1ccc(N)nc1. The number of nitrogens with two attached hydrogens (primary N) is 1. The average molecular weight is 326 g/mol. The quantitative estimate of drug-likeness (QED) is 0.929. The predicted octanol–water partition coefficient (Wildman–Crippen LogP) is 2.21. The number of piperazine rings is 1. The second kappa shape index (κ2) is 7.13. The lowest BCUT2D eigenvalue weighted by atomic mass is 10.0. The molecule has 2 aromatic heterocycles. The van der Waals surface area contributed by atoms with Crippen molar-refractivity contribution < 1.29 is 0 Å². The third kappa shape index (κ3) is 3.33. The molecule has 2 N–H and O–H groups in total. The Morgan fingerprint density at radius 3 is 2.42 bits per heavy atom. The van der Waals surface area contributed by atoms with Crippen molar-refractivity contribution in [3.8, 4) is 11.1 Å². The Hall–Kier alpha value is -2.21. The minimum absolute atomic E-state index is 0.528. The molecule has 1 aliphatic rings. The second-order valence-corrected chi connectivity index (χ2v) is 6.46. The van der Waals surface area contributed by atoms with E-state index in [4.69, 9.17) is 5.73 Å². The summed E-state index contributed by atoms with van der Waals surface area (Å²) in [6, 6.07) is 4.43. The molecule has 1 fully saturated rings. The van der Waals surface area contributed by atoms with Crippen LogP contribution in [0.25, 0.3) is 11.1 Å². The summed E-state index contributed by atoms with van der Waals surface area (Å²) in [5.41, 5.74) is 8.91. The van der Waals surface area contributed by atoms with Crippen molar-refractivity contribution in [3.05, 3.63) is 30.4 Å². The molecule has 0 saturated carbocycles. The van der Waals surface area contributed by atoms with Gasteiger partial charge in [0.15, 0.2) is 0 Å². The Kier molecular flexibility index (Phi) is 4.94. The summed E-state index contributed by atoms with van der Waals surface area (Å²) in [5, 5.41) is 0. The Balaban J connectivity index is 1.95. The first-order chi connectivity index (χ1) is 11.6. The molecule has 0 radical (unpaired) electrons. The summed E-state index contributed by atoms with van der Waals surface area (Å²) in [5.74, 6) is 1.54.